The number of hydrogen-bond donors (Lipinski definition) is 2. The number of carbonyl (C=O) groups is 1. The number of sulfonamides is 1. The highest BCUT2D eigenvalue weighted by Gasteiger charge is 2.29. The summed E-state index contributed by atoms with van der Waals surface area (Å²) in [6.07, 6.45) is 2.69. The molecule has 0 radical (unpaired) electrons. The summed E-state index contributed by atoms with van der Waals surface area (Å²) in [4.78, 5) is 12.8. The summed E-state index contributed by atoms with van der Waals surface area (Å²) in [5, 5.41) is 2.71. The second-order valence-electron chi connectivity index (χ2n) is 6.37. The van der Waals surface area contributed by atoms with Crippen LogP contribution in [0.4, 0.5) is 11.4 Å². The normalized spacial score (nSPS) is 15.3. The van der Waals surface area contributed by atoms with Gasteiger partial charge in [0, 0.05) is 18.8 Å². The Morgan fingerprint density at radius 2 is 1.81 bits per heavy atom. The Morgan fingerprint density at radius 3 is 2.48 bits per heavy atom. The van der Waals surface area contributed by atoms with Gasteiger partial charge in [-0.25, -0.2) is 8.42 Å². The molecule has 0 aliphatic carbocycles. The van der Waals surface area contributed by atoms with E-state index < -0.39 is 15.9 Å². The molecule has 144 valence electrons. The first-order valence-electron chi connectivity index (χ1n) is 8.77. The second kappa shape index (κ2) is 7.98. The zero-order valence-electron chi connectivity index (χ0n) is 15.1. The molecular formula is C19H23N3O4S. The van der Waals surface area contributed by atoms with Crippen LogP contribution >= 0.6 is 0 Å². The molecular weight excluding hydrogens is 366 g/mol. The van der Waals surface area contributed by atoms with Crippen molar-refractivity contribution in [3.8, 4) is 5.75 Å². The lowest BCUT2D eigenvalue weighted by Crippen LogP contribution is -2.36. The number of nitrogens with zero attached hydrogens (tertiary/aromatic N) is 1. The third-order valence-corrected chi connectivity index (χ3v) is 6.51. The maximum atomic E-state index is 13.0. The van der Waals surface area contributed by atoms with Gasteiger partial charge < -0.3 is 15.8 Å². The number of nitrogens with one attached hydrogen (secondary N) is 1. The largest absolute Gasteiger partial charge is 0.495 e. The lowest BCUT2D eigenvalue weighted by atomic mass is 10.2. The van der Waals surface area contributed by atoms with Crippen LogP contribution in [-0.4, -0.2) is 38.8 Å². The van der Waals surface area contributed by atoms with E-state index in [2.05, 4.69) is 5.32 Å². The SMILES string of the molecule is COc1ccc(NC(=O)c2ccccc2S(=O)(=O)N2CCCCC2)cc1N. The van der Waals surface area contributed by atoms with Gasteiger partial charge >= 0.3 is 0 Å². The number of piperidine rings is 1. The van der Waals surface area contributed by atoms with Crippen molar-refractivity contribution in [2.24, 2.45) is 0 Å². The van der Waals surface area contributed by atoms with Gasteiger partial charge in [0.15, 0.2) is 0 Å². The van der Waals surface area contributed by atoms with Crippen LogP contribution < -0.4 is 15.8 Å². The first-order valence-corrected chi connectivity index (χ1v) is 10.2. The van der Waals surface area contributed by atoms with E-state index in [1.54, 1.807) is 30.3 Å². The Morgan fingerprint density at radius 1 is 1.11 bits per heavy atom. The second-order valence-corrected chi connectivity index (χ2v) is 8.28. The Bertz CT molecular complexity index is 938. The summed E-state index contributed by atoms with van der Waals surface area (Å²) in [5.74, 6) is -0.00294. The van der Waals surface area contributed by atoms with Crippen molar-refractivity contribution >= 4 is 27.3 Å². The molecule has 0 spiro atoms. The van der Waals surface area contributed by atoms with E-state index in [0.717, 1.165) is 19.3 Å². The smallest absolute Gasteiger partial charge is 0.257 e. The number of nitrogen functional groups attached to an aromatic ring is 1. The molecule has 1 aliphatic rings. The molecule has 1 heterocycles. The topological polar surface area (TPSA) is 102 Å². The number of nitrogens with two attached hydrogens (primary N) is 1. The quantitative estimate of drug-likeness (QED) is 0.766. The lowest BCUT2D eigenvalue weighted by Gasteiger charge is -2.26. The predicted molar refractivity (Wildman–Crippen MR) is 104 cm³/mol. The third kappa shape index (κ3) is 4.06. The molecule has 2 aromatic carbocycles. The molecule has 1 saturated heterocycles. The van der Waals surface area contributed by atoms with Crippen molar-refractivity contribution in [3.63, 3.8) is 0 Å². The number of hydrogen-bond acceptors (Lipinski definition) is 5. The zero-order chi connectivity index (χ0) is 19.4. The van der Waals surface area contributed by atoms with Crippen molar-refractivity contribution in [2.45, 2.75) is 24.2 Å². The molecule has 3 N–H and O–H groups in total. The fraction of sp³-hybridized carbons (Fsp3) is 0.316. The molecule has 0 aromatic heterocycles. The van der Waals surface area contributed by atoms with E-state index in [1.807, 2.05) is 0 Å². The van der Waals surface area contributed by atoms with E-state index in [9.17, 15) is 13.2 Å². The van der Waals surface area contributed by atoms with Crippen LogP contribution in [0.2, 0.25) is 0 Å². The molecule has 0 saturated carbocycles. The van der Waals surface area contributed by atoms with E-state index in [-0.39, 0.29) is 10.5 Å². The van der Waals surface area contributed by atoms with Crippen molar-refractivity contribution in [1.29, 1.82) is 0 Å². The van der Waals surface area contributed by atoms with Gasteiger partial charge in [-0.1, -0.05) is 18.6 Å². The monoisotopic (exact) mass is 389 g/mol. The van der Waals surface area contributed by atoms with Crippen LogP contribution in [0.3, 0.4) is 0 Å². The van der Waals surface area contributed by atoms with Crippen LogP contribution in [0.1, 0.15) is 29.6 Å². The van der Waals surface area contributed by atoms with Gasteiger partial charge in [-0.15, -0.1) is 0 Å². The van der Waals surface area contributed by atoms with Crippen LogP contribution in [0.25, 0.3) is 0 Å². The fourth-order valence-corrected chi connectivity index (χ4v) is 4.84. The molecule has 1 amide bonds. The highest BCUT2D eigenvalue weighted by atomic mass is 32.2. The fourth-order valence-electron chi connectivity index (χ4n) is 3.13. The first-order chi connectivity index (χ1) is 12.9. The summed E-state index contributed by atoms with van der Waals surface area (Å²) < 4.78 is 32.6. The first kappa shape index (κ1) is 19.2. The average Bonchev–Trinajstić information content (AvgIpc) is 2.69. The number of amides is 1. The highest BCUT2D eigenvalue weighted by Crippen LogP contribution is 2.27. The number of rotatable bonds is 5. The highest BCUT2D eigenvalue weighted by molar-refractivity contribution is 7.89. The van der Waals surface area contributed by atoms with Gasteiger partial charge in [-0.3, -0.25) is 4.79 Å². The standard InChI is InChI=1S/C19H23N3O4S/c1-26-17-10-9-14(13-16(17)20)21-19(23)15-7-3-4-8-18(15)27(24,25)22-11-5-2-6-12-22/h3-4,7-10,13H,2,5-6,11-12,20H2,1H3,(H,21,23). The Balaban J connectivity index is 1.89. The number of benzene rings is 2. The van der Waals surface area contributed by atoms with Crippen LogP contribution in [0.15, 0.2) is 47.4 Å². The molecule has 0 atom stereocenters. The third-order valence-electron chi connectivity index (χ3n) is 4.55. The van der Waals surface area contributed by atoms with Gasteiger partial charge in [0.2, 0.25) is 10.0 Å². The molecule has 8 heteroatoms. The molecule has 0 bridgehead atoms. The van der Waals surface area contributed by atoms with Gasteiger partial charge in [0.05, 0.1) is 23.3 Å². The van der Waals surface area contributed by atoms with Gasteiger partial charge in [-0.2, -0.15) is 4.31 Å². The number of carbonyl (C=O) groups excluding carboxylic acids is 1. The molecule has 3 rings (SSSR count). The lowest BCUT2D eigenvalue weighted by molar-refractivity contribution is 0.102. The Kier molecular flexibility index (Phi) is 5.67. The predicted octanol–water partition coefficient (Wildman–Crippen LogP) is 2.70. The number of anilines is 2. The number of methoxy groups -OCH3 is 1. The summed E-state index contributed by atoms with van der Waals surface area (Å²) in [6, 6.07) is 11.1. The minimum atomic E-state index is -3.72. The molecule has 1 aliphatic heterocycles. The van der Waals surface area contributed by atoms with Crippen molar-refractivity contribution in [1.82, 2.24) is 4.31 Å². The minimum absolute atomic E-state index is 0.0193. The summed E-state index contributed by atoms with van der Waals surface area (Å²) in [5.41, 5.74) is 6.81. The van der Waals surface area contributed by atoms with Crippen molar-refractivity contribution in [2.75, 3.05) is 31.2 Å². The van der Waals surface area contributed by atoms with Crippen LogP contribution in [0.5, 0.6) is 5.75 Å². The Hall–Kier alpha value is -2.58. The van der Waals surface area contributed by atoms with Gasteiger partial charge in [-0.05, 0) is 43.2 Å². The molecule has 1 fully saturated rings. The van der Waals surface area contributed by atoms with E-state index >= 15 is 0 Å². The average molecular weight is 389 g/mol. The van der Waals surface area contributed by atoms with Crippen molar-refractivity contribution < 1.29 is 17.9 Å². The van der Waals surface area contributed by atoms with Crippen molar-refractivity contribution in [3.05, 3.63) is 48.0 Å². The summed E-state index contributed by atoms with van der Waals surface area (Å²) in [6.45, 7) is 0.959. The number of ether oxygens (including phenoxy) is 1. The molecule has 27 heavy (non-hydrogen) atoms. The van der Waals surface area contributed by atoms with E-state index in [1.165, 1.54) is 23.5 Å². The van der Waals surface area contributed by atoms with E-state index in [4.69, 9.17) is 10.5 Å². The maximum absolute atomic E-state index is 13.0. The molecule has 2 aromatic rings. The summed E-state index contributed by atoms with van der Waals surface area (Å²) in [7, 11) is -2.22. The molecule has 0 unspecified atom stereocenters. The summed E-state index contributed by atoms with van der Waals surface area (Å²) >= 11 is 0. The minimum Gasteiger partial charge on any atom is -0.495 e. The maximum Gasteiger partial charge on any atom is 0.257 e. The van der Waals surface area contributed by atoms with Crippen LogP contribution in [-0.2, 0) is 10.0 Å². The van der Waals surface area contributed by atoms with Gasteiger partial charge in [0.1, 0.15) is 5.75 Å². The van der Waals surface area contributed by atoms with Crippen LogP contribution in [0, 0.1) is 0 Å². The molecule has 7 nitrogen and oxygen atoms in total. The van der Waals surface area contributed by atoms with E-state index in [0.29, 0.717) is 30.2 Å². The Labute approximate surface area is 159 Å². The zero-order valence-corrected chi connectivity index (χ0v) is 16.0. The van der Waals surface area contributed by atoms with Gasteiger partial charge in [0.25, 0.3) is 5.91 Å².